The summed E-state index contributed by atoms with van der Waals surface area (Å²) in [6.07, 6.45) is 4.14. The van der Waals surface area contributed by atoms with Crippen LogP contribution in [0.25, 0.3) is 0 Å². The minimum atomic E-state index is -0.264. The van der Waals surface area contributed by atoms with E-state index >= 15 is 0 Å². The van der Waals surface area contributed by atoms with E-state index in [1.54, 1.807) is 11.0 Å². The van der Waals surface area contributed by atoms with Gasteiger partial charge in [0.15, 0.2) is 18.1 Å². The van der Waals surface area contributed by atoms with Crippen LogP contribution >= 0.6 is 0 Å². The number of ether oxygens (including phenoxy) is 1. The molecule has 1 heterocycles. The fourth-order valence-electron chi connectivity index (χ4n) is 3.43. The van der Waals surface area contributed by atoms with Gasteiger partial charge >= 0.3 is 0 Å². The Kier molecular flexibility index (Phi) is 7.27. The van der Waals surface area contributed by atoms with Crippen LogP contribution in [-0.4, -0.2) is 41.1 Å². The fourth-order valence-corrected chi connectivity index (χ4v) is 3.43. The maximum Gasteiger partial charge on any atom is 0.273 e. The minimum Gasteiger partial charge on any atom is -0.484 e. The molecular formula is C22H29N3O4. The Morgan fingerprint density at radius 3 is 2.66 bits per heavy atom. The van der Waals surface area contributed by atoms with Gasteiger partial charge in [-0.15, -0.1) is 0 Å². The first-order valence-corrected chi connectivity index (χ1v) is 10.2. The Labute approximate surface area is 171 Å². The number of para-hydroxylation sites is 1. The highest BCUT2D eigenvalue weighted by molar-refractivity contribution is 5.92. The molecule has 0 saturated heterocycles. The smallest absolute Gasteiger partial charge is 0.273 e. The van der Waals surface area contributed by atoms with Gasteiger partial charge in [0.1, 0.15) is 5.75 Å². The van der Waals surface area contributed by atoms with Crippen molar-refractivity contribution in [2.75, 3.05) is 13.2 Å². The van der Waals surface area contributed by atoms with Crippen LogP contribution in [-0.2, 0) is 11.3 Å². The third-order valence-corrected chi connectivity index (χ3v) is 4.98. The molecule has 0 aliphatic heterocycles. The molecule has 0 bridgehead atoms. The number of carbonyl (C=O) groups excluding carboxylic acids is 2. The van der Waals surface area contributed by atoms with E-state index in [0.29, 0.717) is 24.0 Å². The summed E-state index contributed by atoms with van der Waals surface area (Å²) >= 11 is 0. The second-order valence-corrected chi connectivity index (χ2v) is 7.84. The van der Waals surface area contributed by atoms with Crippen LogP contribution in [0.1, 0.15) is 55.8 Å². The molecule has 0 spiro atoms. The number of hydrogen-bond donors (Lipinski definition) is 1. The normalized spacial score (nSPS) is 14.2. The first kappa shape index (κ1) is 20.9. The van der Waals surface area contributed by atoms with Gasteiger partial charge in [-0.1, -0.05) is 50.0 Å². The largest absolute Gasteiger partial charge is 0.484 e. The van der Waals surface area contributed by atoms with Crippen LogP contribution in [0.2, 0.25) is 0 Å². The van der Waals surface area contributed by atoms with E-state index in [2.05, 4.69) is 10.5 Å². The molecule has 1 aliphatic rings. The average Bonchev–Trinajstić information content (AvgIpc) is 3.41. The van der Waals surface area contributed by atoms with Gasteiger partial charge in [-0.3, -0.25) is 9.59 Å². The molecule has 2 aromatic rings. The SMILES string of the molecule is CC(C)CNC(=O)c1cc(CN(C(=O)COc2ccccc2)C2CCCC2)on1. The number of hydrogen-bond acceptors (Lipinski definition) is 5. The molecule has 1 fully saturated rings. The van der Waals surface area contributed by atoms with Crippen molar-refractivity contribution in [1.29, 1.82) is 0 Å². The van der Waals surface area contributed by atoms with Gasteiger partial charge in [-0.2, -0.15) is 0 Å². The third-order valence-electron chi connectivity index (χ3n) is 4.98. The number of aromatic nitrogens is 1. The fraction of sp³-hybridized carbons (Fsp3) is 0.500. The topological polar surface area (TPSA) is 84.7 Å². The number of nitrogens with zero attached hydrogens (tertiary/aromatic N) is 2. The lowest BCUT2D eigenvalue weighted by atomic mass is 10.2. The molecule has 156 valence electrons. The van der Waals surface area contributed by atoms with Gasteiger partial charge in [0.2, 0.25) is 0 Å². The van der Waals surface area contributed by atoms with Crippen molar-refractivity contribution in [3.63, 3.8) is 0 Å². The molecule has 0 unspecified atom stereocenters. The summed E-state index contributed by atoms with van der Waals surface area (Å²) in [4.78, 5) is 26.8. The zero-order valence-corrected chi connectivity index (χ0v) is 17.1. The lowest BCUT2D eigenvalue weighted by Gasteiger charge is -2.28. The molecule has 1 saturated carbocycles. The molecule has 1 aromatic carbocycles. The Balaban J connectivity index is 1.63. The number of benzene rings is 1. The maximum atomic E-state index is 12.9. The Hall–Kier alpha value is -2.83. The van der Waals surface area contributed by atoms with Gasteiger partial charge in [-0.25, -0.2) is 0 Å². The van der Waals surface area contributed by atoms with Gasteiger partial charge in [0.05, 0.1) is 6.54 Å². The lowest BCUT2D eigenvalue weighted by Crippen LogP contribution is -2.41. The van der Waals surface area contributed by atoms with Gasteiger partial charge < -0.3 is 19.5 Å². The minimum absolute atomic E-state index is 0.0314. The van der Waals surface area contributed by atoms with Crippen molar-refractivity contribution < 1.29 is 18.8 Å². The molecule has 7 nitrogen and oxygen atoms in total. The van der Waals surface area contributed by atoms with Crippen molar-refractivity contribution in [3.8, 4) is 5.75 Å². The van der Waals surface area contributed by atoms with Crippen molar-refractivity contribution in [1.82, 2.24) is 15.4 Å². The van der Waals surface area contributed by atoms with E-state index < -0.39 is 0 Å². The van der Waals surface area contributed by atoms with E-state index in [9.17, 15) is 9.59 Å². The number of nitrogens with one attached hydrogen (secondary N) is 1. The summed E-state index contributed by atoms with van der Waals surface area (Å²) in [6.45, 7) is 4.88. The molecule has 7 heteroatoms. The monoisotopic (exact) mass is 399 g/mol. The van der Waals surface area contributed by atoms with Crippen LogP contribution in [0, 0.1) is 5.92 Å². The Morgan fingerprint density at radius 1 is 1.24 bits per heavy atom. The summed E-state index contributed by atoms with van der Waals surface area (Å²) in [5, 5.41) is 6.69. The first-order valence-electron chi connectivity index (χ1n) is 10.2. The van der Waals surface area contributed by atoms with Gasteiger partial charge in [0.25, 0.3) is 11.8 Å². The van der Waals surface area contributed by atoms with E-state index in [1.165, 1.54) is 0 Å². The molecule has 1 aromatic heterocycles. The lowest BCUT2D eigenvalue weighted by molar-refractivity contribution is -0.136. The summed E-state index contributed by atoms with van der Waals surface area (Å²) in [6, 6.07) is 11.1. The summed E-state index contributed by atoms with van der Waals surface area (Å²) in [5.41, 5.74) is 0.236. The molecular weight excluding hydrogens is 370 g/mol. The second kappa shape index (κ2) is 10.1. The Bertz CT molecular complexity index is 797. The van der Waals surface area contributed by atoms with Crippen molar-refractivity contribution in [3.05, 3.63) is 47.9 Å². The molecule has 3 rings (SSSR count). The second-order valence-electron chi connectivity index (χ2n) is 7.84. The van der Waals surface area contributed by atoms with Crippen molar-refractivity contribution in [2.45, 2.75) is 52.1 Å². The van der Waals surface area contributed by atoms with Gasteiger partial charge in [-0.05, 0) is 30.9 Å². The molecule has 1 N–H and O–H groups in total. The zero-order valence-electron chi connectivity index (χ0n) is 17.1. The Morgan fingerprint density at radius 2 is 1.97 bits per heavy atom. The molecule has 1 aliphatic carbocycles. The predicted molar refractivity (Wildman–Crippen MR) is 108 cm³/mol. The first-order chi connectivity index (χ1) is 14.0. The van der Waals surface area contributed by atoms with Crippen LogP contribution in [0.15, 0.2) is 40.9 Å². The predicted octanol–water partition coefficient (Wildman–Crippen LogP) is 3.41. The van der Waals surface area contributed by atoms with Gasteiger partial charge in [0, 0.05) is 18.7 Å². The maximum absolute atomic E-state index is 12.9. The van der Waals surface area contributed by atoms with Crippen molar-refractivity contribution >= 4 is 11.8 Å². The summed E-state index contributed by atoms with van der Waals surface area (Å²) in [5.74, 6) is 1.16. The highest BCUT2D eigenvalue weighted by atomic mass is 16.5. The standard InChI is InChI=1S/C22H29N3O4/c1-16(2)13-23-22(27)20-12-19(29-24-20)14-25(17-8-6-7-9-17)21(26)15-28-18-10-4-3-5-11-18/h3-5,10-12,16-17H,6-9,13-15H2,1-2H3,(H,23,27). The molecule has 2 amide bonds. The summed E-state index contributed by atoms with van der Waals surface area (Å²) in [7, 11) is 0. The highest BCUT2D eigenvalue weighted by Gasteiger charge is 2.28. The van der Waals surface area contributed by atoms with E-state index in [1.807, 2.05) is 44.2 Å². The zero-order chi connectivity index (χ0) is 20.6. The molecule has 0 radical (unpaired) electrons. The number of amides is 2. The van der Waals surface area contributed by atoms with E-state index in [4.69, 9.17) is 9.26 Å². The van der Waals surface area contributed by atoms with E-state index in [0.717, 1.165) is 25.7 Å². The number of rotatable bonds is 9. The highest BCUT2D eigenvalue weighted by Crippen LogP contribution is 2.25. The number of carbonyl (C=O) groups is 2. The van der Waals surface area contributed by atoms with Crippen LogP contribution in [0.5, 0.6) is 5.75 Å². The van der Waals surface area contributed by atoms with E-state index in [-0.39, 0.29) is 36.7 Å². The van der Waals surface area contributed by atoms with Crippen LogP contribution < -0.4 is 10.1 Å². The van der Waals surface area contributed by atoms with Crippen LogP contribution in [0.4, 0.5) is 0 Å². The molecule has 0 atom stereocenters. The average molecular weight is 399 g/mol. The van der Waals surface area contributed by atoms with Crippen LogP contribution in [0.3, 0.4) is 0 Å². The summed E-state index contributed by atoms with van der Waals surface area (Å²) < 4.78 is 11.0. The van der Waals surface area contributed by atoms with Crippen molar-refractivity contribution in [2.24, 2.45) is 5.92 Å². The third kappa shape index (κ3) is 6.07. The quantitative estimate of drug-likeness (QED) is 0.698. The molecule has 29 heavy (non-hydrogen) atoms.